The molecule has 1 aliphatic rings. The lowest BCUT2D eigenvalue weighted by molar-refractivity contribution is -0.122. The van der Waals surface area contributed by atoms with Crippen LogP contribution in [0.3, 0.4) is 0 Å². The van der Waals surface area contributed by atoms with E-state index in [0.29, 0.717) is 18.7 Å². The topological polar surface area (TPSA) is 65.8 Å². The van der Waals surface area contributed by atoms with Crippen LogP contribution in [0.1, 0.15) is 25.0 Å². The molecule has 2 aromatic rings. The highest BCUT2D eigenvalue weighted by Gasteiger charge is 2.20. The summed E-state index contributed by atoms with van der Waals surface area (Å²) in [6.45, 7) is 9.35. The Bertz CT molecular complexity index is 823. The van der Waals surface area contributed by atoms with Crippen molar-refractivity contribution in [3.8, 4) is 0 Å². The molecule has 0 radical (unpaired) electrons. The zero-order chi connectivity index (χ0) is 18.5. The summed E-state index contributed by atoms with van der Waals surface area (Å²) in [6, 6.07) is 7.72. The molecular formula is C20H27N3O3. The molecule has 3 rings (SSSR count). The second-order valence-electron chi connectivity index (χ2n) is 6.78. The highest BCUT2D eigenvalue weighted by atomic mass is 16.4. The number of likely N-dealkylation sites (N-methyl/N-ethyl adjacent to an activating group) is 1. The number of aryl methyl sites for hydroxylation is 1. The Morgan fingerprint density at radius 1 is 1.12 bits per heavy atom. The molecule has 1 N–H and O–H groups in total. The van der Waals surface area contributed by atoms with E-state index < -0.39 is 0 Å². The Hall–Kier alpha value is -2.18. The smallest absolute Gasteiger partial charge is 0.336 e. The number of nitrogens with one attached hydrogen (secondary N) is 1. The van der Waals surface area contributed by atoms with Crippen LogP contribution < -0.4 is 10.9 Å². The first-order chi connectivity index (χ1) is 12.6. The fourth-order valence-electron chi connectivity index (χ4n) is 3.43. The number of carbonyl (C=O) groups is 1. The summed E-state index contributed by atoms with van der Waals surface area (Å²) in [5.41, 5.74) is 2.55. The molecule has 0 spiro atoms. The van der Waals surface area contributed by atoms with Crippen LogP contribution in [-0.2, 0) is 17.8 Å². The monoisotopic (exact) mass is 357 g/mol. The number of rotatable bonds is 6. The van der Waals surface area contributed by atoms with Crippen molar-refractivity contribution in [2.75, 3.05) is 39.3 Å². The van der Waals surface area contributed by atoms with Crippen LogP contribution in [0.2, 0.25) is 0 Å². The number of piperazine rings is 1. The normalized spacial score (nSPS) is 16.1. The van der Waals surface area contributed by atoms with Crippen LogP contribution in [0.25, 0.3) is 11.0 Å². The average molecular weight is 357 g/mol. The molecule has 0 aliphatic carbocycles. The minimum absolute atomic E-state index is 0.0827. The number of carbonyl (C=O) groups excluding carboxylic acids is 1. The van der Waals surface area contributed by atoms with Crippen molar-refractivity contribution in [2.24, 2.45) is 0 Å². The van der Waals surface area contributed by atoms with Gasteiger partial charge in [0.15, 0.2) is 0 Å². The summed E-state index contributed by atoms with van der Waals surface area (Å²) in [5, 5.41) is 3.85. The van der Waals surface area contributed by atoms with Gasteiger partial charge in [-0.2, -0.15) is 0 Å². The molecule has 0 atom stereocenters. The molecule has 1 amide bonds. The van der Waals surface area contributed by atoms with Gasteiger partial charge in [-0.05, 0) is 30.5 Å². The van der Waals surface area contributed by atoms with E-state index in [2.05, 4.69) is 34.2 Å². The van der Waals surface area contributed by atoms with E-state index in [1.165, 1.54) is 0 Å². The third-order valence-electron chi connectivity index (χ3n) is 4.90. The van der Waals surface area contributed by atoms with Crippen molar-refractivity contribution in [3.05, 3.63) is 45.8 Å². The van der Waals surface area contributed by atoms with Gasteiger partial charge < -0.3 is 9.73 Å². The molecule has 2 heterocycles. The van der Waals surface area contributed by atoms with Crippen molar-refractivity contribution in [1.82, 2.24) is 15.1 Å². The summed E-state index contributed by atoms with van der Waals surface area (Å²) >= 11 is 0. The van der Waals surface area contributed by atoms with E-state index in [1.54, 1.807) is 6.07 Å². The Labute approximate surface area is 153 Å². The summed E-state index contributed by atoms with van der Waals surface area (Å²) < 4.78 is 5.39. The van der Waals surface area contributed by atoms with Crippen molar-refractivity contribution in [1.29, 1.82) is 0 Å². The number of benzene rings is 1. The maximum absolute atomic E-state index is 11.9. The Kier molecular flexibility index (Phi) is 6.06. The summed E-state index contributed by atoms with van der Waals surface area (Å²) in [5.74, 6) is 0.0827. The molecule has 1 aromatic carbocycles. The summed E-state index contributed by atoms with van der Waals surface area (Å²) in [6.07, 6.45) is 0.914. The maximum Gasteiger partial charge on any atom is 0.336 e. The average Bonchev–Trinajstić information content (AvgIpc) is 2.63. The standard InChI is InChI=1S/C20H27N3O3/c1-3-15-5-6-17-16(12-20(25)26-18(17)11-15)13-22-7-9-23(10-8-22)14-19(24)21-4-2/h5-6,11-12H,3-4,7-10,13-14H2,1-2H3,(H,21,24). The van der Waals surface area contributed by atoms with Gasteiger partial charge in [-0.3, -0.25) is 14.6 Å². The first-order valence-electron chi connectivity index (χ1n) is 9.36. The van der Waals surface area contributed by atoms with Gasteiger partial charge in [0.1, 0.15) is 5.58 Å². The number of hydrogen-bond acceptors (Lipinski definition) is 5. The molecule has 6 nitrogen and oxygen atoms in total. The van der Waals surface area contributed by atoms with E-state index in [1.807, 2.05) is 13.0 Å². The quantitative estimate of drug-likeness (QED) is 0.796. The van der Waals surface area contributed by atoms with Crippen LogP contribution in [0.15, 0.2) is 33.5 Å². The maximum atomic E-state index is 11.9. The number of hydrogen-bond donors (Lipinski definition) is 1. The number of amides is 1. The first kappa shape index (κ1) is 18.6. The SMILES string of the molecule is CCNC(=O)CN1CCN(Cc2cc(=O)oc3cc(CC)ccc23)CC1. The molecule has 1 aromatic heterocycles. The predicted octanol–water partition coefficient (Wildman–Crippen LogP) is 1.61. The van der Waals surface area contributed by atoms with E-state index in [-0.39, 0.29) is 11.5 Å². The number of fused-ring (bicyclic) bond motifs is 1. The minimum Gasteiger partial charge on any atom is -0.423 e. The van der Waals surface area contributed by atoms with Gasteiger partial charge in [0, 0.05) is 50.7 Å². The molecule has 26 heavy (non-hydrogen) atoms. The van der Waals surface area contributed by atoms with Crippen molar-refractivity contribution >= 4 is 16.9 Å². The van der Waals surface area contributed by atoms with Gasteiger partial charge in [-0.25, -0.2) is 4.79 Å². The van der Waals surface area contributed by atoms with Gasteiger partial charge in [0.2, 0.25) is 5.91 Å². The van der Waals surface area contributed by atoms with E-state index in [4.69, 9.17) is 4.42 Å². The zero-order valence-corrected chi connectivity index (χ0v) is 15.6. The predicted molar refractivity (Wildman–Crippen MR) is 102 cm³/mol. The van der Waals surface area contributed by atoms with Crippen LogP contribution in [0, 0.1) is 0 Å². The van der Waals surface area contributed by atoms with Crippen LogP contribution in [-0.4, -0.2) is 55.0 Å². The fourth-order valence-corrected chi connectivity index (χ4v) is 3.43. The molecule has 0 bridgehead atoms. The van der Waals surface area contributed by atoms with Gasteiger partial charge >= 0.3 is 5.63 Å². The van der Waals surface area contributed by atoms with Gasteiger partial charge in [0.05, 0.1) is 6.54 Å². The van der Waals surface area contributed by atoms with Gasteiger partial charge in [0.25, 0.3) is 0 Å². The first-order valence-corrected chi connectivity index (χ1v) is 9.36. The van der Waals surface area contributed by atoms with E-state index >= 15 is 0 Å². The highest BCUT2D eigenvalue weighted by molar-refractivity contribution is 5.80. The summed E-state index contributed by atoms with van der Waals surface area (Å²) in [4.78, 5) is 28.2. The zero-order valence-electron chi connectivity index (χ0n) is 15.6. The molecule has 140 valence electrons. The van der Waals surface area contributed by atoms with Crippen LogP contribution in [0.5, 0.6) is 0 Å². The number of nitrogens with zero attached hydrogens (tertiary/aromatic N) is 2. The lowest BCUT2D eigenvalue weighted by atomic mass is 10.1. The summed E-state index contributed by atoms with van der Waals surface area (Å²) in [7, 11) is 0. The minimum atomic E-state index is -0.296. The van der Waals surface area contributed by atoms with E-state index in [0.717, 1.165) is 55.7 Å². The Balaban J connectivity index is 1.67. The fraction of sp³-hybridized carbons (Fsp3) is 0.500. The molecule has 0 saturated carbocycles. The Morgan fingerprint density at radius 2 is 1.85 bits per heavy atom. The lowest BCUT2D eigenvalue weighted by Crippen LogP contribution is -2.49. The lowest BCUT2D eigenvalue weighted by Gasteiger charge is -2.34. The van der Waals surface area contributed by atoms with Gasteiger partial charge in [-0.1, -0.05) is 19.1 Å². The third-order valence-corrected chi connectivity index (χ3v) is 4.90. The molecule has 1 aliphatic heterocycles. The van der Waals surface area contributed by atoms with Crippen molar-refractivity contribution in [2.45, 2.75) is 26.8 Å². The van der Waals surface area contributed by atoms with Crippen LogP contribution >= 0.6 is 0 Å². The second-order valence-corrected chi connectivity index (χ2v) is 6.78. The van der Waals surface area contributed by atoms with Crippen molar-refractivity contribution in [3.63, 3.8) is 0 Å². The molecular weight excluding hydrogens is 330 g/mol. The Morgan fingerprint density at radius 3 is 2.54 bits per heavy atom. The third kappa shape index (κ3) is 4.51. The molecule has 1 fully saturated rings. The van der Waals surface area contributed by atoms with Crippen molar-refractivity contribution < 1.29 is 9.21 Å². The van der Waals surface area contributed by atoms with Crippen LogP contribution in [0.4, 0.5) is 0 Å². The second kappa shape index (κ2) is 8.47. The largest absolute Gasteiger partial charge is 0.423 e. The van der Waals surface area contributed by atoms with E-state index in [9.17, 15) is 9.59 Å². The van der Waals surface area contributed by atoms with Gasteiger partial charge in [-0.15, -0.1) is 0 Å². The molecule has 1 saturated heterocycles. The highest BCUT2D eigenvalue weighted by Crippen LogP contribution is 2.21. The molecule has 6 heteroatoms. The molecule has 0 unspecified atom stereocenters.